The number of nitrogens with one attached hydrogen (secondary N) is 1. The van der Waals surface area contributed by atoms with Crippen LogP contribution < -0.4 is 10.5 Å². The van der Waals surface area contributed by atoms with Crippen LogP contribution in [-0.4, -0.2) is 16.8 Å². The molecule has 1 aliphatic rings. The monoisotopic (exact) mass is 330 g/mol. The van der Waals surface area contributed by atoms with E-state index in [9.17, 15) is 14.4 Å². The second-order valence-electron chi connectivity index (χ2n) is 5.84. The summed E-state index contributed by atoms with van der Waals surface area (Å²) in [6.45, 7) is 0. The molecule has 0 aliphatic carbocycles. The molecule has 1 aromatic heterocycles. The molecule has 5 heteroatoms. The maximum absolute atomic E-state index is 12.9. The van der Waals surface area contributed by atoms with E-state index in [-0.39, 0.29) is 16.7 Å². The number of pyridine rings is 1. The summed E-state index contributed by atoms with van der Waals surface area (Å²) in [4.78, 5) is 41.5. The van der Waals surface area contributed by atoms with Crippen molar-refractivity contribution in [2.24, 2.45) is 0 Å². The molecule has 4 rings (SSSR count). The van der Waals surface area contributed by atoms with Gasteiger partial charge in [0.25, 0.3) is 11.8 Å². The van der Waals surface area contributed by atoms with Gasteiger partial charge in [-0.2, -0.15) is 0 Å². The highest BCUT2D eigenvalue weighted by molar-refractivity contribution is 6.34. The third-order valence-electron chi connectivity index (χ3n) is 4.21. The lowest BCUT2D eigenvalue weighted by Gasteiger charge is -2.13. The van der Waals surface area contributed by atoms with Gasteiger partial charge in [0.15, 0.2) is 0 Å². The van der Waals surface area contributed by atoms with Gasteiger partial charge in [-0.25, -0.2) is 4.90 Å². The molecule has 2 heterocycles. The first-order valence-electron chi connectivity index (χ1n) is 7.89. The number of H-pyrrole nitrogens is 1. The Bertz CT molecular complexity index is 1020. The standard InChI is InChI=1S/C20H14N2O3/c23-17-12-15-18(16(21-17)11-13-7-3-1-4-8-13)20(25)22(19(15)24)14-9-5-2-6-10-14/h1-10,12H,11H2,(H,21,23). The van der Waals surface area contributed by atoms with E-state index in [1.165, 1.54) is 6.07 Å². The number of nitrogens with zero attached hydrogens (tertiary/aromatic N) is 1. The van der Waals surface area contributed by atoms with Crippen LogP contribution in [0, 0.1) is 0 Å². The number of benzene rings is 2. The molecule has 0 radical (unpaired) electrons. The molecule has 2 aromatic carbocycles. The smallest absolute Gasteiger partial charge is 0.267 e. The van der Waals surface area contributed by atoms with Crippen molar-refractivity contribution in [3.63, 3.8) is 0 Å². The first-order valence-corrected chi connectivity index (χ1v) is 7.89. The summed E-state index contributed by atoms with van der Waals surface area (Å²) in [6.07, 6.45) is 0.376. The van der Waals surface area contributed by atoms with Crippen LogP contribution in [0.1, 0.15) is 32.0 Å². The molecule has 122 valence electrons. The molecule has 1 N–H and O–H groups in total. The van der Waals surface area contributed by atoms with Gasteiger partial charge >= 0.3 is 0 Å². The van der Waals surface area contributed by atoms with Gasteiger partial charge in [0.1, 0.15) is 0 Å². The Labute approximate surface area is 143 Å². The quantitative estimate of drug-likeness (QED) is 0.751. The fourth-order valence-electron chi connectivity index (χ4n) is 3.09. The SMILES string of the molecule is O=C1c2cc(=O)[nH]c(Cc3ccccc3)c2C(=O)N1c1ccccc1. The van der Waals surface area contributed by atoms with Crippen molar-refractivity contribution in [1.29, 1.82) is 0 Å². The Morgan fingerprint density at radius 3 is 2.12 bits per heavy atom. The number of para-hydroxylation sites is 1. The fourth-order valence-corrected chi connectivity index (χ4v) is 3.09. The van der Waals surface area contributed by atoms with Crippen LogP contribution in [0.25, 0.3) is 0 Å². The molecule has 3 aromatic rings. The third kappa shape index (κ3) is 2.55. The number of fused-ring (bicyclic) bond motifs is 1. The summed E-state index contributed by atoms with van der Waals surface area (Å²) >= 11 is 0. The lowest BCUT2D eigenvalue weighted by Crippen LogP contribution is -2.29. The van der Waals surface area contributed by atoms with E-state index < -0.39 is 11.8 Å². The summed E-state index contributed by atoms with van der Waals surface area (Å²) in [7, 11) is 0. The first-order chi connectivity index (χ1) is 12.1. The van der Waals surface area contributed by atoms with Crippen LogP contribution in [0.5, 0.6) is 0 Å². The van der Waals surface area contributed by atoms with Crippen molar-refractivity contribution in [1.82, 2.24) is 4.98 Å². The van der Waals surface area contributed by atoms with Gasteiger partial charge < -0.3 is 4.98 Å². The average molecular weight is 330 g/mol. The van der Waals surface area contributed by atoms with Gasteiger partial charge in [-0.1, -0.05) is 48.5 Å². The maximum atomic E-state index is 12.9. The van der Waals surface area contributed by atoms with Crippen molar-refractivity contribution < 1.29 is 9.59 Å². The van der Waals surface area contributed by atoms with Gasteiger partial charge in [0.2, 0.25) is 5.56 Å². The molecule has 5 nitrogen and oxygen atoms in total. The van der Waals surface area contributed by atoms with Gasteiger partial charge in [-0.05, 0) is 17.7 Å². The number of hydrogen-bond acceptors (Lipinski definition) is 3. The van der Waals surface area contributed by atoms with Crippen LogP contribution >= 0.6 is 0 Å². The predicted octanol–water partition coefficient (Wildman–Crippen LogP) is 2.77. The molecule has 0 bridgehead atoms. The molecular weight excluding hydrogens is 316 g/mol. The number of hydrogen-bond donors (Lipinski definition) is 1. The number of aromatic nitrogens is 1. The number of anilines is 1. The molecule has 0 spiro atoms. The molecule has 0 atom stereocenters. The van der Waals surface area contributed by atoms with E-state index >= 15 is 0 Å². The Hall–Kier alpha value is -3.47. The summed E-state index contributed by atoms with van der Waals surface area (Å²) in [6, 6.07) is 19.4. The summed E-state index contributed by atoms with van der Waals surface area (Å²) in [5.74, 6) is -0.875. The Kier molecular flexibility index (Phi) is 3.54. The molecule has 1 aliphatic heterocycles. The van der Waals surface area contributed by atoms with Gasteiger partial charge in [0, 0.05) is 18.2 Å². The number of rotatable bonds is 3. The molecule has 2 amide bonds. The van der Waals surface area contributed by atoms with Crippen molar-refractivity contribution in [3.8, 4) is 0 Å². The van der Waals surface area contributed by atoms with E-state index in [0.717, 1.165) is 10.5 Å². The average Bonchev–Trinajstić information content (AvgIpc) is 2.87. The zero-order chi connectivity index (χ0) is 17.4. The normalized spacial score (nSPS) is 13.2. The number of imide groups is 1. The van der Waals surface area contributed by atoms with Crippen molar-refractivity contribution in [2.45, 2.75) is 6.42 Å². The number of aromatic amines is 1. The Morgan fingerprint density at radius 2 is 1.44 bits per heavy atom. The first kappa shape index (κ1) is 15.1. The van der Waals surface area contributed by atoms with Crippen molar-refractivity contribution in [3.05, 3.63) is 99.5 Å². The molecule has 0 saturated heterocycles. The minimum atomic E-state index is -0.466. The van der Waals surface area contributed by atoms with Gasteiger partial charge in [-0.15, -0.1) is 0 Å². The fraction of sp³-hybridized carbons (Fsp3) is 0.0500. The van der Waals surface area contributed by atoms with Crippen LogP contribution in [0.15, 0.2) is 71.5 Å². The van der Waals surface area contributed by atoms with Gasteiger partial charge in [-0.3, -0.25) is 14.4 Å². The van der Waals surface area contributed by atoms with Crippen LogP contribution in [0.4, 0.5) is 5.69 Å². The highest BCUT2D eigenvalue weighted by Gasteiger charge is 2.39. The molecular formula is C20H14N2O3. The van der Waals surface area contributed by atoms with Crippen molar-refractivity contribution in [2.75, 3.05) is 4.90 Å². The van der Waals surface area contributed by atoms with E-state index in [0.29, 0.717) is 17.8 Å². The molecule has 25 heavy (non-hydrogen) atoms. The van der Waals surface area contributed by atoms with E-state index in [4.69, 9.17) is 0 Å². The second-order valence-corrected chi connectivity index (χ2v) is 5.84. The summed E-state index contributed by atoms with van der Waals surface area (Å²) < 4.78 is 0. The van der Waals surface area contributed by atoms with Crippen LogP contribution in [0.3, 0.4) is 0 Å². The second kappa shape index (κ2) is 5.87. The lowest BCUT2D eigenvalue weighted by atomic mass is 10.0. The summed E-state index contributed by atoms with van der Waals surface area (Å²) in [5.41, 5.74) is 1.95. The summed E-state index contributed by atoms with van der Waals surface area (Å²) in [5, 5.41) is 0. The third-order valence-corrected chi connectivity index (χ3v) is 4.21. The zero-order valence-corrected chi connectivity index (χ0v) is 13.2. The Morgan fingerprint density at radius 1 is 0.800 bits per heavy atom. The van der Waals surface area contributed by atoms with Crippen LogP contribution in [0.2, 0.25) is 0 Å². The molecule has 0 fully saturated rings. The minimum absolute atomic E-state index is 0.156. The van der Waals surface area contributed by atoms with Gasteiger partial charge in [0.05, 0.1) is 16.8 Å². The number of carbonyl (C=O) groups is 2. The van der Waals surface area contributed by atoms with E-state index in [1.54, 1.807) is 24.3 Å². The zero-order valence-electron chi connectivity index (χ0n) is 13.2. The minimum Gasteiger partial charge on any atom is -0.325 e. The lowest BCUT2D eigenvalue weighted by molar-refractivity contribution is 0.0926. The highest BCUT2D eigenvalue weighted by atomic mass is 16.2. The van der Waals surface area contributed by atoms with E-state index in [1.807, 2.05) is 36.4 Å². The predicted molar refractivity (Wildman–Crippen MR) is 93.9 cm³/mol. The molecule has 0 saturated carbocycles. The number of carbonyl (C=O) groups excluding carboxylic acids is 2. The van der Waals surface area contributed by atoms with Crippen molar-refractivity contribution >= 4 is 17.5 Å². The topological polar surface area (TPSA) is 70.2 Å². The largest absolute Gasteiger partial charge is 0.325 e. The maximum Gasteiger partial charge on any atom is 0.267 e. The number of amides is 2. The van der Waals surface area contributed by atoms with Crippen LogP contribution in [-0.2, 0) is 6.42 Å². The highest BCUT2D eigenvalue weighted by Crippen LogP contribution is 2.29. The Balaban J connectivity index is 1.83. The molecule has 0 unspecified atom stereocenters. The van der Waals surface area contributed by atoms with E-state index in [2.05, 4.69) is 4.98 Å².